The number of hydrogen-bond acceptors (Lipinski definition) is 2. The van der Waals surface area contributed by atoms with E-state index >= 15 is 0 Å². The maximum atomic E-state index is 12.0. The Morgan fingerprint density at radius 1 is 1.22 bits per heavy atom. The van der Waals surface area contributed by atoms with Crippen LogP contribution in [0.5, 0.6) is 0 Å². The second kappa shape index (κ2) is 7.17. The molecule has 1 atom stereocenters. The molecule has 3 nitrogen and oxygen atoms in total. The normalized spacial score (nSPS) is 12.5. The van der Waals surface area contributed by atoms with Gasteiger partial charge in [-0.15, -0.1) is 0 Å². The SMILES string of the molecule is CCC(CC)C(C)NC(=O)c1ccc(CN)cc1. The van der Waals surface area contributed by atoms with Crippen LogP contribution in [0.3, 0.4) is 0 Å². The highest BCUT2D eigenvalue weighted by atomic mass is 16.1. The monoisotopic (exact) mass is 248 g/mol. The van der Waals surface area contributed by atoms with Gasteiger partial charge in [0.1, 0.15) is 0 Å². The molecule has 1 amide bonds. The lowest BCUT2D eigenvalue weighted by Crippen LogP contribution is -2.37. The van der Waals surface area contributed by atoms with Crippen LogP contribution in [0.4, 0.5) is 0 Å². The highest BCUT2D eigenvalue weighted by Crippen LogP contribution is 2.13. The molecule has 1 unspecified atom stereocenters. The molecule has 0 radical (unpaired) electrons. The molecule has 0 spiro atoms. The molecule has 0 aliphatic heterocycles. The predicted octanol–water partition coefficient (Wildman–Crippen LogP) is 2.70. The van der Waals surface area contributed by atoms with Gasteiger partial charge in [-0.25, -0.2) is 0 Å². The molecule has 0 fully saturated rings. The van der Waals surface area contributed by atoms with Crippen LogP contribution in [0.2, 0.25) is 0 Å². The molecule has 0 saturated carbocycles. The number of amides is 1. The first kappa shape index (κ1) is 14.7. The van der Waals surface area contributed by atoms with Gasteiger partial charge >= 0.3 is 0 Å². The summed E-state index contributed by atoms with van der Waals surface area (Å²) in [6.07, 6.45) is 2.17. The summed E-state index contributed by atoms with van der Waals surface area (Å²) in [6, 6.07) is 7.67. The summed E-state index contributed by atoms with van der Waals surface area (Å²) in [7, 11) is 0. The van der Waals surface area contributed by atoms with Gasteiger partial charge in [-0.2, -0.15) is 0 Å². The number of nitrogens with one attached hydrogen (secondary N) is 1. The zero-order valence-corrected chi connectivity index (χ0v) is 11.6. The molecule has 0 saturated heterocycles. The van der Waals surface area contributed by atoms with E-state index in [1.165, 1.54) is 0 Å². The minimum absolute atomic E-state index is 0.00188. The Morgan fingerprint density at radius 2 is 1.78 bits per heavy atom. The predicted molar refractivity (Wildman–Crippen MR) is 75.3 cm³/mol. The highest BCUT2D eigenvalue weighted by Gasteiger charge is 2.16. The van der Waals surface area contributed by atoms with Crippen LogP contribution in [-0.4, -0.2) is 11.9 Å². The molecule has 3 N–H and O–H groups in total. The van der Waals surface area contributed by atoms with E-state index in [2.05, 4.69) is 26.1 Å². The average Bonchev–Trinajstić information content (AvgIpc) is 2.40. The van der Waals surface area contributed by atoms with Crippen molar-refractivity contribution in [2.45, 2.75) is 46.2 Å². The van der Waals surface area contributed by atoms with Crippen LogP contribution in [0.1, 0.15) is 49.5 Å². The molecule has 0 bridgehead atoms. The summed E-state index contributed by atoms with van der Waals surface area (Å²) in [6.45, 7) is 6.90. The standard InChI is InChI=1S/C15H24N2O/c1-4-13(5-2)11(3)17-15(18)14-8-6-12(10-16)7-9-14/h6-9,11,13H,4-5,10,16H2,1-3H3,(H,17,18). The second-order valence-electron chi connectivity index (χ2n) is 4.74. The highest BCUT2D eigenvalue weighted by molar-refractivity contribution is 5.94. The van der Waals surface area contributed by atoms with E-state index in [-0.39, 0.29) is 11.9 Å². The average molecular weight is 248 g/mol. The number of rotatable bonds is 6. The molecule has 1 rings (SSSR count). The van der Waals surface area contributed by atoms with Gasteiger partial charge in [0.25, 0.3) is 5.91 Å². The molecule has 0 aromatic heterocycles. The van der Waals surface area contributed by atoms with Gasteiger partial charge in [0, 0.05) is 18.2 Å². The summed E-state index contributed by atoms with van der Waals surface area (Å²) in [5.74, 6) is 0.537. The zero-order chi connectivity index (χ0) is 13.5. The first-order valence-electron chi connectivity index (χ1n) is 6.72. The minimum atomic E-state index is -0.00188. The van der Waals surface area contributed by atoms with E-state index < -0.39 is 0 Å². The van der Waals surface area contributed by atoms with Crippen LogP contribution in [-0.2, 0) is 6.54 Å². The van der Waals surface area contributed by atoms with Crippen molar-refractivity contribution in [2.24, 2.45) is 11.7 Å². The first-order valence-corrected chi connectivity index (χ1v) is 6.72. The quantitative estimate of drug-likeness (QED) is 0.813. The Bertz CT molecular complexity index is 369. The summed E-state index contributed by atoms with van der Waals surface area (Å²) in [4.78, 5) is 12.0. The molecular weight excluding hydrogens is 224 g/mol. The van der Waals surface area contributed by atoms with Gasteiger partial charge in [0.15, 0.2) is 0 Å². The third-order valence-corrected chi connectivity index (χ3v) is 3.57. The topological polar surface area (TPSA) is 55.1 Å². The summed E-state index contributed by atoms with van der Waals surface area (Å²) in [5, 5.41) is 3.07. The van der Waals surface area contributed by atoms with E-state index in [4.69, 9.17) is 5.73 Å². The molecule has 0 aliphatic carbocycles. The minimum Gasteiger partial charge on any atom is -0.349 e. The largest absolute Gasteiger partial charge is 0.349 e. The van der Waals surface area contributed by atoms with Crippen molar-refractivity contribution in [2.75, 3.05) is 0 Å². The van der Waals surface area contributed by atoms with E-state index in [1.807, 2.05) is 24.3 Å². The number of carbonyl (C=O) groups excluding carboxylic acids is 1. The van der Waals surface area contributed by atoms with Gasteiger partial charge in [0.05, 0.1) is 0 Å². The lowest BCUT2D eigenvalue weighted by Gasteiger charge is -2.22. The Labute approximate surface area is 110 Å². The molecule has 1 aromatic rings. The van der Waals surface area contributed by atoms with E-state index in [9.17, 15) is 4.79 Å². The van der Waals surface area contributed by atoms with Crippen molar-refractivity contribution in [3.05, 3.63) is 35.4 Å². The lowest BCUT2D eigenvalue weighted by molar-refractivity contribution is 0.0925. The molecule has 18 heavy (non-hydrogen) atoms. The molecule has 0 aliphatic rings. The van der Waals surface area contributed by atoms with Crippen molar-refractivity contribution in [1.82, 2.24) is 5.32 Å². The van der Waals surface area contributed by atoms with E-state index in [0.29, 0.717) is 18.0 Å². The zero-order valence-electron chi connectivity index (χ0n) is 11.6. The Morgan fingerprint density at radius 3 is 2.22 bits per heavy atom. The van der Waals surface area contributed by atoms with E-state index in [0.717, 1.165) is 18.4 Å². The van der Waals surface area contributed by atoms with Crippen molar-refractivity contribution in [1.29, 1.82) is 0 Å². The third-order valence-electron chi connectivity index (χ3n) is 3.57. The van der Waals surface area contributed by atoms with Crippen LogP contribution >= 0.6 is 0 Å². The summed E-state index contributed by atoms with van der Waals surface area (Å²) in [5.41, 5.74) is 7.27. The molecule has 3 heteroatoms. The lowest BCUT2D eigenvalue weighted by atomic mass is 9.95. The maximum Gasteiger partial charge on any atom is 0.251 e. The Balaban J connectivity index is 2.64. The molecule has 1 aromatic carbocycles. The molecular formula is C15H24N2O. The Hall–Kier alpha value is -1.35. The fourth-order valence-electron chi connectivity index (χ4n) is 2.20. The van der Waals surface area contributed by atoms with Crippen LogP contribution in [0.25, 0.3) is 0 Å². The third kappa shape index (κ3) is 3.84. The first-order chi connectivity index (χ1) is 8.62. The fraction of sp³-hybridized carbons (Fsp3) is 0.533. The number of carbonyl (C=O) groups is 1. The van der Waals surface area contributed by atoms with Crippen LogP contribution < -0.4 is 11.1 Å². The van der Waals surface area contributed by atoms with Gasteiger partial charge < -0.3 is 11.1 Å². The van der Waals surface area contributed by atoms with Crippen molar-refractivity contribution < 1.29 is 4.79 Å². The summed E-state index contributed by atoms with van der Waals surface area (Å²) < 4.78 is 0. The fourth-order valence-corrected chi connectivity index (χ4v) is 2.20. The van der Waals surface area contributed by atoms with Crippen molar-refractivity contribution in [3.63, 3.8) is 0 Å². The smallest absolute Gasteiger partial charge is 0.251 e. The molecule has 100 valence electrons. The van der Waals surface area contributed by atoms with Gasteiger partial charge in [-0.05, 0) is 30.5 Å². The van der Waals surface area contributed by atoms with Crippen molar-refractivity contribution in [3.8, 4) is 0 Å². The van der Waals surface area contributed by atoms with Crippen LogP contribution in [0, 0.1) is 5.92 Å². The second-order valence-corrected chi connectivity index (χ2v) is 4.74. The number of benzene rings is 1. The van der Waals surface area contributed by atoms with Gasteiger partial charge in [0.2, 0.25) is 0 Å². The van der Waals surface area contributed by atoms with Crippen LogP contribution in [0.15, 0.2) is 24.3 Å². The number of nitrogens with two attached hydrogens (primary N) is 1. The maximum absolute atomic E-state index is 12.0. The van der Waals surface area contributed by atoms with Gasteiger partial charge in [-0.3, -0.25) is 4.79 Å². The van der Waals surface area contributed by atoms with Gasteiger partial charge in [-0.1, -0.05) is 38.8 Å². The van der Waals surface area contributed by atoms with Crippen molar-refractivity contribution >= 4 is 5.91 Å². The molecule has 0 heterocycles. The Kier molecular flexibility index (Phi) is 5.86. The van der Waals surface area contributed by atoms with E-state index in [1.54, 1.807) is 0 Å². The number of hydrogen-bond donors (Lipinski definition) is 2. The summed E-state index contributed by atoms with van der Waals surface area (Å²) >= 11 is 0.